The van der Waals surface area contributed by atoms with E-state index in [1.807, 2.05) is 24.4 Å². The first-order chi connectivity index (χ1) is 8.93. The van der Waals surface area contributed by atoms with E-state index in [0.29, 0.717) is 6.54 Å². The van der Waals surface area contributed by atoms with E-state index in [0.717, 1.165) is 17.3 Å². The number of nitrogens with one attached hydrogen (secondary N) is 2. The van der Waals surface area contributed by atoms with Crippen LogP contribution in [0.5, 0.6) is 0 Å². The average molecular weight is 240 g/mol. The highest BCUT2D eigenvalue weighted by atomic mass is 15.3. The van der Waals surface area contributed by atoms with Crippen molar-refractivity contribution in [2.45, 2.75) is 6.54 Å². The quantitative estimate of drug-likeness (QED) is 0.726. The third-order valence-electron chi connectivity index (χ3n) is 2.51. The van der Waals surface area contributed by atoms with Crippen molar-refractivity contribution in [2.75, 3.05) is 5.32 Å². The first kappa shape index (κ1) is 10.5. The summed E-state index contributed by atoms with van der Waals surface area (Å²) in [5.41, 5.74) is 0.914. The van der Waals surface area contributed by atoms with Crippen molar-refractivity contribution in [1.82, 2.24) is 24.7 Å². The van der Waals surface area contributed by atoms with Crippen molar-refractivity contribution in [3.8, 4) is 5.82 Å². The molecule has 3 aromatic heterocycles. The Bertz CT molecular complexity index is 599. The monoisotopic (exact) mass is 240 g/mol. The van der Waals surface area contributed by atoms with Crippen molar-refractivity contribution in [2.24, 2.45) is 0 Å². The Morgan fingerprint density at radius 3 is 2.94 bits per heavy atom. The molecule has 6 nitrogen and oxygen atoms in total. The van der Waals surface area contributed by atoms with Crippen molar-refractivity contribution in [3.05, 3.63) is 55.0 Å². The van der Waals surface area contributed by atoms with E-state index in [2.05, 4.69) is 25.4 Å². The molecule has 0 aliphatic rings. The Labute approximate surface area is 104 Å². The molecule has 0 radical (unpaired) electrons. The van der Waals surface area contributed by atoms with Crippen molar-refractivity contribution < 1.29 is 0 Å². The van der Waals surface area contributed by atoms with Crippen LogP contribution in [0, 0.1) is 0 Å². The topological polar surface area (TPSA) is 71.4 Å². The number of pyridine rings is 1. The number of H-pyrrole nitrogens is 1. The van der Waals surface area contributed by atoms with E-state index < -0.39 is 0 Å². The second-order valence-electron chi connectivity index (χ2n) is 3.71. The summed E-state index contributed by atoms with van der Waals surface area (Å²) in [6.45, 7) is 0.618. The molecular weight excluding hydrogens is 228 g/mol. The molecular formula is C12H12N6. The maximum Gasteiger partial charge on any atom is 0.176 e. The predicted molar refractivity (Wildman–Crippen MR) is 67.3 cm³/mol. The highest BCUT2D eigenvalue weighted by molar-refractivity contribution is 5.56. The van der Waals surface area contributed by atoms with Crippen LogP contribution in [0.4, 0.5) is 5.69 Å². The molecule has 0 fully saturated rings. The summed E-state index contributed by atoms with van der Waals surface area (Å²) in [7, 11) is 0. The molecule has 3 rings (SSSR count). The fraction of sp³-hybridized carbons (Fsp3) is 0.0833. The van der Waals surface area contributed by atoms with Crippen LogP contribution in [0.15, 0.2) is 49.2 Å². The average Bonchev–Trinajstić information content (AvgIpc) is 3.10. The van der Waals surface area contributed by atoms with Gasteiger partial charge >= 0.3 is 0 Å². The van der Waals surface area contributed by atoms with Gasteiger partial charge in [-0.3, -0.25) is 0 Å². The lowest BCUT2D eigenvalue weighted by Crippen LogP contribution is -2.07. The van der Waals surface area contributed by atoms with Crippen LogP contribution in [-0.2, 0) is 6.54 Å². The summed E-state index contributed by atoms with van der Waals surface area (Å²) in [4.78, 5) is 11.5. The molecule has 0 unspecified atom stereocenters. The number of aromatic nitrogens is 5. The highest BCUT2D eigenvalue weighted by Gasteiger charge is 2.05. The van der Waals surface area contributed by atoms with Crippen molar-refractivity contribution in [3.63, 3.8) is 0 Å². The minimum Gasteiger partial charge on any atom is -0.375 e. The van der Waals surface area contributed by atoms with E-state index in [-0.39, 0.29) is 0 Å². The fourth-order valence-electron chi connectivity index (χ4n) is 1.69. The number of rotatable bonds is 4. The zero-order valence-electron chi connectivity index (χ0n) is 9.61. The smallest absolute Gasteiger partial charge is 0.176 e. The standard InChI is InChI=1S/C12H12N6/c1-3-10(16-9-11-13-6-7-14-11)12(15-4-1)18-8-2-5-17-18/h1-8,16H,9H2,(H,13,14). The Morgan fingerprint density at radius 1 is 1.17 bits per heavy atom. The SMILES string of the molecule is c1cnc(-n2cccn2)c(NCc2ncc[nH]2)c1. The molecule has 0 aliphatic carbocycles. The first-order valence-electron chi connectivity index (χ1n) is 5.60. The molecule has 6 heteroatoms. The fourth-order valence-corrected chi connectivity index (χ4v) is 1.69. The van der Waals surface area contributed by atoms with E-state index in [1.54, 1.807) is 29.5 Å². The van der Waals surface area contributed by atoms with Crippen LogP contribution in [0.2, 0.25) is 0 Å². The van der Waals surface area contributed by atoms with Crippen molar-refractivity contribution >= 4 is 5.69 Å². The maximum atomic E-state index is 4.33. The molecule has 0 bridgehead atoms. The van der Waals surface area contributed by atoms with Gasteiger partial charge < -0.3 is 10.3 Å². The minimum atomic E-state index is 0.618. The number of imidazole rings is 1. The molecule has 0 amide bonds. The number of hydrogen-bond acceptors (Lipinski definition) is 4. The molecule has 3 heterocycles. The van der Waals surface area contributed by atoms with Crippen LogP contribution >= 0.6 is 0 Å². The molecule has 2 N–H and O–H groups in total. The molecule has 0 aliphatic heterocycles. The van der Waals surface area contributed by atoms with Crippen LogP contribution in [-0.4, -0.2) is 24.7 Å². The van der Waals surface area contributed by atoms with Gasteiger partial charge in [-0.05, 0) is 18.2 Å². The number of aromatic amines is 1. The third-order valence-corrected chi connectivity index (χ3v) is 2.51. The van der Waals surface area contributed by atoms with Gasteiger partial charge in [0.25, 0.3) is 0 Å². The van der Waals surface area contributed by atoms with Gasteiger partial charge in [-0.15, -0.1) is 0 Å². The van der Waals surface area contributed by atoms with E-state index in [4.69, 9.17) is 0 Å². The Morgan fingerprint density at radius 2 is 2.17 bits per heavy atom. The Hall–Kier alpha value is -2.63. The molecule has 90 valence electrons. The minimum absolute atomic E-state index is 0.618. The normalized spacial score (nSPS) is 10.4. The molecule has 3 aromatic rings. The second kappa shape index (κ2) is 4.70. The van der Waals surface area contributed by atoms with Gasteiger partial charge in [0.15, 0.2) is 5.82 Å². The van der Waals surface area contributed by atoms with Gasteiger partial charge in [-0.1, -0.05) is 0 Å². The lowest BCUT2D eigenvalue weighted by atomic mass is 10.3. The summed E-state index contributed by atoms with van der Waals surface area (Å²) in [5, 5.41) is 7.47. The molecule has 0 aromatic carbocycles. The molecule has 0 saturated heterocycles. The van der Waals surface area contributed by atoms with Gasteiger partial charge in [0.2, 0.25) is 0 Å². The second-order valence-corrected chi connectivity index (χ2v) is 3.71. The van der Waals surface area contributed by atoms with Crippen LogP contribution in [0.1, 0.15) is 5.82 Å². The van der Waals surface area contributed by atoms with Crippen LogP contribution in [0.25, 0.3) is 5.82 Å². The Kier molecular flexibility index (Phi) is 2.75. The van der Waals surface area contributed by atoms with E-state index in [1.165, 1.54) is 0 Å². The summed E-state index contributed by atoms with van der Waals surface area (Å²) >= 11 is 0. The molecule has 0 atom stereocenters. The molecule has 0 saturated carbocycles. The van der Waals surface area contributed by atoms with E-state index >= 15 is 0 Å². The number of nitrogens with zero attached hydrogens (tertiary/aromatic N) is 4. The van der Waals surface area contributed by atoms with Gasteiger partial charge in [-0.2, -0.15) is 5.10 Å². The van der Waals surface area contributed by atoms with Gasteiger partial charge in [0.1, 0.15) is 5.82 Å². The van der Waals surface area contributed by atoms with Gasteiger partial charge in [0.05, 0.1) is 12.2 Å². The maximum absolute atomic E-state index is 4.33. The Balaban J connectivity index is 1.84. The zero-order chi connectivity index (χ0) is 12.2. The van der Waals surface area contributed by atoms with Gasteiger partial charge in [0, 0.05) is 31.0 Å². The van der Waals surface area contributed by atoms with Crippen molar-refractivity contribution in [1.29, 1.82) is 0 Å². The predicted octanol–water partition coefficient (Wildman–Crippen LogP) is 1.60. The highest BCUT2D eigenvalue weighted by Crippen LogP contribution is 2.16. The van der Waals surface area contributed by atoms with Gasteiger partial charge in [-0.25, -0.2) is 14.6 Å². The molecule has 0 spiro atoms. The van der Waals surface area contributed by atoms with E-state index in [9.17, 15) is 0 Å². The summed E-state index contributed by atoms with van der Waals surface area (Å²) in [6, 6.07) is 5.72. The zero-order valence-corrected chi connectivity index (χ0v) is 9.61. The summed E-state index contributed by atoms with van der Waals surface area (Å²) in [6.07, 6.45) is 8.86. The summed E-state index contributed by atoms with van der Waals surface area (Å²) in [5.74, 6) is 1.65. The largest absolute Gasteiger partial charge is 0.375 e. The number of anilines is 1. The molecule has 18 heavy (non-hydrogen) atoms. The number of hydrogen-bond donors (Lipinski definition) is 2. The third kappa shape index (κ3) is 2.08. The van der Waals surface area contributed by atoms with Crippen LogP contribution in [0.3, 0.4) is 0 Å². The van der Waals surface area contributed by atoms with Crippen LogP contribution < -0.4 is 5.32 Å². The summed E-state index contributed by atoms with van der Waals surface area (Å²) < 4.78 is 1.73. The lowest BCUT2D eigenvalue weighted by Gasteiger charge is -2.09. The lowest BCUT2D eigenvalue weighted by molar-refractivity contribution is 0.844. The first-order valence-corrected chi connectivity index (χ1v) is 5.60.